The van der Waals surface area contributed by atoms with E-state index in [9.17, 15) is 14.7 Å². The lowest BCUT2D eigenvalue weighted by Crippen LogP contribution is -2.62. The summed E-state index contributed by atoms with van der Waals surface area (Å²) in [5, 5.41) is 13.8. The van der Waals surface area contributed by atoms with Crippen LogP contribution in [-0.2, 0) is 16.1 Å². The van der Waals surface area contributed by atoms with Crippen molar-refractivity contribution < 1.29 is 14.7 Å². The Bertz CT molecular complexity index is 1460. The van der Waals surface area contributed by atoms with Crippen molar-refractivity contribution in [2.75, 3.05) is 0 Å². The molecule has 218 valence electrons. The summed E-state index contributed by atoms with van der Waals surface area (Å²) in [4.78, 5) is 26.6. The maximum Gasteiger partial charge on any atom is 0.226 e. The highest BCUT2D eigenvalue weighted by molar-refractivity contribution is 6.06. The van der Waals surface area contributed by atoms with Crippen molar-refractivity contribution in [1.82, 2.24) is 5.32 Å². The van der Waals surface area contributed by atoms with Crippen LogP contribution in [0.15, 0.2) is 76.1 Å². The van der Waals surface area contributed by atoms with E-state index >= 15 is 0 Å². The van der Waals surface area contributed by atoms with Crippen LogP contribution in [0.4, 0.5) is 0 Å². The van der Waals surface area contributed by atoms with Crippen LogP contribution < -0.4 is 5.32 Å². The molecule has 4 nitrogen and oxygen atoms in total. The molecule has 0 unspecified atom stereocenters. The Labute approximate surface area is 246 Å². The molecular weight excluding hydrogens is 506 g/mol. The molecule has 0 aromatic heterocycles. The normalized spacial score (nSPS) is 40.1. The lowest BCUT2D eigenvalue weighted by molar-refractivity contribution is -0.169. The molecule has 1 aromatic rings. The number of hydrogen-bond donors (Lipinski definition) is 2. The Morgan fingerprint density at radius 1 is 0.927 bits per heavy atom. The molecule has 0 saturated heterocycles. The Kier molecular flexibility index (Phi) is 6.24. The van der Waals surface area contributed by atoms with Gasteiger partial charge in [-0.25, -0.2) is 0 Å². The molecule has 0 aliphatic heterocycles. The zero-order valence-corrected chi connectivity index (χ0v) is 26.0. The van der Waals surface area contributed by atoms with Crippen LogP contribution in [0.1, 0.15) is 99.0 Å². The van der Waals surface area contributed by atoms with E-state index in [0.29, 0.717) is 18.0 Å². The van der Waals surface area contributed by atoms with Gasteiger partial charge in [-0.2, -0.15) is 0 Å². The maximum atomic E-state index is 13.8. The van der Waals surface area contributed by atoms with Crippen LogP contribution in [0.3, 0.4) is 0 Å². The summed E-state index contributed by atoms with van der Waals surface area (Å²) in [6.45, 7) is 16.6. The fourth-order valence-electron chi connectivity index (χ4n) is 9.98. The number of nitrogens with one attached hydrogen (secondary N) is 1. The molecule has 4 heteroatoms. The van der Waals surface area contributed by atoms with Crippen molar-refractivity contribution in [2.24, 2.45) is 33.0 Å². The Morgan fingerprint density at radius 2 is 1.61 bits per heavy atom. The molecule has 1 amide bonds. The molecule has 5 aliphatic carbocycles. The van der Waals surface area contributed by atoms with E-state index in [1.165, 1.54) is 5.57 Å². The van der Waals surface area contributed by atoms with Gasteiger partial charge in [0.05, 0.1) is 0 Å². The smallest absolute Gasteiger partial charge is 0.226 e. The van der Waals surface area contributed by atoms with Gasteiger partial charge in [0.15, 0.2) is 5.76 Å². The largest absolute Gasteiger partial charge is 0.504 e. The minimum absolute atomic E-state index is 0.0385. The molecule has 0 bridgehead atoms. The molecule has 2 N–H and O–H groups in total. The van der Waals surface area contributed by atoms with Crippen molar-refractivity contribution in [3.63, 3.8) is 0 Å². The molecule has 41 heavy (non-hydrogen) atoms. The SMILES string of the molecule is CC1=C2C(=CC(=O)C(O)=C2C)[C@]2(C)CC[C@@]3(C)[C@@H]4C[C@](C)(C(=O)NCc5ccccc5)CC[C@]4(C)CC[C@]3(C)C2=C1. The quantitative estimate of drug-likeness (QED) is 0.395. The van der Waals surface area contributed by atoms with Gasteiger partial charge < -0.3 is 10.4 Å². The molecule has 3 saturated carbocycles. The van der Waals surface area contributed by atoms with Gasteiger partial charge in [0.25, 0.3) is 0 Å². The van der Waals surface area contributed by atoms with Crippen LogP contribution in [0.2, 0.25) is 0 Å². The first-order chi connectivity index (χ1) is 19.2. The number of fused-ring (bicyclic) bond motifs is 7. The number of aliphatic hydroxyl groups is 1. The van der Waals surface area contributed by atoms with Crippen LogP contribution >= 0.6 is 0 Å². The first kappa shape index (κ1) is 28.2. The van der Waals surface area contributed by atoms with Crippen LogP contribution in [0.5, 0.6) is 0 Å². The number of allylic oxidation sites excluding steroid dienone is 7. The third-order valence-corrected chi connectivity index (χ3v) is 13.0. The fraction of sp³-hybridized carbons (Fsp3) is 0.568. The molecular formula is C37H47NO3. The van der Waals surface area contributed by atoms with Crippen LogP contribution in [0, 0.1) is 33.0 Å². The molecule has 0 spiro atoms. The molecule has 0 heterocycles. The second-order valence-corrected chi connectivity index (χ2v) is 15.2. The Balaban J connectivity index is 1.37. The van der Waals surface area contributed by atoms with Crippen molar-refractivity contribution >= 4 is 11.7 Å². The third-order valence-electron chi connectivity index (χ3n) is 13.0. The van der Waals surface area contributed by atoms with E-state index < -0.39 is 0 Å². The van der Waals surface area contributed by atoms with Gasteiger partial charge in [-0.1, -0.05) is 76.6 Å². The van der Waals surface area contributed by atoms with Gasteiger partial charge in [0.1, 0.15) is 0 Å². The highest BCUT2D eigenvalue weighted by Gasteiger charge is 2.67. The zero-order chi connectivity index (χ0) is 29.6. The minimum atomic E-state index is -0.386. The molecule has 1 aromatic carbocycles. The van der Waals surface area contributed by atoms with Crippen LogP contribution in [0.25, 0.3) is 0 Å². The number of rotatable bonds is 3. The predicted octanol–water partition coefficient (Wildman–Crippen LogP) is 8.32. The summed E-state index contributed by atoms with van der Waals surface area (Å²) in [6.07, 6.45) is 11.4. The monoisotopic (exact) mass is 553 g/mol. The van der Waals surface area contributed by atoms with E-state index in [1.807, 2.05) is 25.1 Å². The molecule has 6 atom stereocenters. The van der Waals surface area contributed by atoms with Gasteiger partial charge in [-0.3, -0.25) is 9.59 Å². The van der Waals surface area contributed by atoms with Crippen molar-refractivity contribution in [1.29, 1.82) is 0 Å². The van der Waals surface area contributed by atoms with E-state index in [4.69, 9.17) is 0 Å². The fourth-order valence-corrected chi connectivity index (χ4v) is 9.98. The van der Waals surface area contributed by atoms with E-state index in [2.05, 4.69) is 65.1 Å². The van der Waals surface area contributed by atoms with Gasteiger partial charge in [-0.15, -0.1) is 0 Å². The number of hydrogen-bond acceptors (Lipinski definition) is 3. The molecule has 5 aliphatic rings. The van der Waals surface area contributed by atoms with Crippen molar-refractivity contribution in [3.05, 3.63) is 81.7 Å². The predicted molar refractivity (Wildman–Crippen MR) is 164 cm³/mol. The summed E-state index contributed by atoms with van der Waals surface area (Å²) in [5.74, 6) is 0.235. The standard InChI is InChI=1S/C37H47NO3/c1-23-19-28-35(5,26-20-27(39)31(40)24(2)30(23)26)16-18-37(7)29-21-34(4,14-13-33(29,3)15-17-36(28,37)6)32(41)38-22-25-11-9-8-10-12-25/h8-12,19-20,29,40H,13-18,21-22H2,1-7H3,(H,38,41)/t29-,33-,34-,35+,36-,37+/m1/s1. The number of amides is 1. The number of benzene rings is 1. The average Bonchev–Trinajstić information content (AvgIpc) is 2.95. The van der Waals surface area contributed by atoms with E-state index in [1.54, 1.807) is 6.08 Å². The zero-order valence-electron chi connectivity index (χ0n) is 26.0. The lowest BCUT2D eigenvalue weighted by atomic mass is 9.34. The second kappa shape index (κ2) is 9.06. The van der Waals surface area contributed by atoms with Crippen molar-refractivity contribution in [2.45, 2.75) is 100.0 Å². The summed E-state index contributed by atoms with van der Waals surface area (Å²) in [7, 11) is 0. The van der Waals surface area contributed by atoms with Gasteiger partial charge >= 0.3 is 0 Å². The maximum absolute atomic E-state index is 13.8. The topological polar surface area (TPSA) is 66.4 Å². The molecule has 0 radical (unpaired) electrons. The highest BCUT2D eigenvalue weighted by Crippen LogP contribution is 2.75. The van der Waals surface area contributed by atoms with Gasteiger partial charge in [0.2, 0.25) is 11.7 Å². The minimum Gasteiger partial charge on any atom is -0.504 e. The van der Waals surface area contributed by atoms with Gasteiger partial charge in [-0.05, 0) is 109 Å². The Hall–Kier alpha value is -2.88. The second-order valence-electron chi connectivity index (χ2n) is 15.2. The number of carbonyl (C=O) groups excluding carboxylic acids is 2. The number of ketones is 1. The first-order valence-electron chi connectivity index (χ1n) is 15.6. The number of aliphatic hydroxyl groups excluding tert-OH is 1. The summed E-state index contributed by atoms with van der Waals surface area (Å²) >= 11 is 0. The summed E-state index contributed by atoms with van der Waals surface area (Å²) < 4.78 is 0. The first-order valence-corrected chi connectivity index (χ1v) is 15.6. The lowest BCUT2D eigenvalue weighted by Gasteiger charge is -2.70. The van der Waals surface area contributed by atoms with Gasteiger partial charge in [0, 0.05) is 22.9 Å². The molecule has 6 rings (SSSR count). The highest BCUT2D eigenvalue weighted by atomic mass is 16.3. The average molecular weight is 554 g/mol. The molecule has 3 fully saturated rings. The van der Waals surface area contributed by atoms with E-state index in [-0.39, 0.29) is 44.5 Å². The number of carbonyl (C=O) groups is 2. The van der Waals surface area contributed by atoms with Crippen molar-refractivity contribution in [3.8, 4) is 0 Å². The van der Waals surface area contributed by atoms with E-state index in [0.717, 1.165) is 67.2 Å². The summed E-state index contributed by atoms with van der Waals surface area (Å²) in [5.41, 5.74) is 6.19. The summed E-state index contributed by atoms with van der Waals surface area (Å²) in [6, 6.07) is 10.2. The third kappa shape index (κ3) is 3.85. The van der Waals surface area contributed by atoms with Crippen LogP contribution in [-0.4, -0.2) is 16.8 Å². The Morgan fingerprint density at radius 3 is 2.32 bits per heavy atom.